The average Bonchev–Trinajstić information content (AvgIpc) is 2.33. The molecule has 1 unspecified atom stereocenters. The number of carbonyl (C=O) groups excluding carboxylic acids is 1. The van der Waals surface area contributed by atoms with E-state index in [1.165, 1.54) is 0 Å². The van der Waals surface area contributed by atoms with E-state index in [2.05, 4.69) is 10.6 Å². The number of ether oxygens (including phenoxy) is 1. The topological polar surface area (TPSA) is 87.7 Å². The summed E-state index contributed by atoms with van der Waals surface area (Å²) in [6.07, 6.45) is 2.29. The number of rotatable bonds is 10. The van der Waals surface area contributed by atoms with E-state index in [1.807, 2.05) is 20.8 Å². The summed E-state index contributed by atoms with van der Waals surface area (Å²) in [6, 6.07) is -0.127. The van der Waals surface area contributed by atoms with Gasteiger partial charge in [-0.2, -0.15) is 0 Å². The van der Waals surface area contributed by atoms with Crippen LogP contribution in [0.2, 0.25) is 0 Å². The van der Waals surface area contributed by atoms with E-state index < -0.39 is 5.97 Å². The molecule has 6 nitrogen and oxygen atoms in total. The first kappa shape index (κ1) is 18.7. The molecule has 0 aromatic heterocycles. The second-order valence-corrected chi connectivity index (χ2v) is 5.89. The molecule has 0 aliphatic rings. The molecule has 0 saturated heterocycles. The van der Waals surface area contributed by atoms with Crippen molar-refractivity contribution in [3.8, 4) is 0 Å². The van der Waals surface area contributed by atoms with Crippen LogP contribution in [0.5, 0.6) is 0 Å². The minimum atomic E-state index is -0.782. The van der Waals surface area contributed by atoms with Gasteiger partial charge in [-0.25, -0.2) is 4.79 Å². The summed E-state index contributed by atoms with van der Waals surface area (Å²) in [5, 5.41) is 14.3. The first-order valence-electron chi connectivity index (χ1n) is 7.02. The summed E-state index contributed by atoms with van der Waals surface area (Å²) in [7, 11) is 1.63. The van der Waals surface area contributed by atoms with E-state index in [1.54, 1.807) is 7.11 Å². The van der Waals surface area contributed by atoms with Crippen molar-refractivity contribution in [1.82, 2.24) is 10.6 Å². The maximum absolute atomic E-state index is 11.6. The summed E-state index contributed by atoms with van der Waals surface area (Å²) < 4.78 is 4.95. The molecule has 20 heavy (non-hydrogen) atoms. The van der Waals surface area contributed by atoms with Gasteiger partial charge in [0, 0.05) is 32.7 Å². The third-order valence-corrected chi connectivity index (χ3v) is 3.24. The van der Waals surface area contributed by atoms with Gasteiger partial charge >= 0.3 is 12.0 Å². The molecule has 118 valence electrons. The molecule has 6 heteroatoms. The number of hydrogen-bond acceptors (Lipinski definition) is 3. The van der Waals surface area contributed by atoms with Gasteiger partial charge in [0.15, 0.2) is 0 Å². The van der Waals surface area contributed by atoms with Crippen molar-refractivity contribution in [2.45, 2.75) is 52.5 Å². The van der Waals surface area contributed by atoms with Crippen LogP contribution in [0, 0.1) is 5.41 Å². The van der Waals surface area contributed by atoms with E-state index in [-0.39, 0.29) is 23.9 Å². The molecule has 0 aliphatic carbocycles. The number of carbonyl (C=O) groups is 2. The lowest BCUT2D eigenvalue weighted by Gasteiger charge is -2.24. The molecule has 0 rings (SSSR count). The number of urea groups is 1. The zero-order chi connectivity index (χ0) is 15.6. The first-order valence-corrected chi connectivity index (χ1v) is 7.02. The molecule has 3 N–H and O–H groups in total. The van der Waals surface area contributed by atoms with Gasteiger partial charge < -0.3 is 20.5 Å². The number of nitrogens with one attached hydrogen (secondary N) is 2. The van der Waals surface area contributed by atoms with Gasteiger partial charge in [-0.15, -0.1) is 0 Å². The van der Waals surface area contributed by atoms with E-state index in [9.17, 15) is 9.59 Å². The van der Waals surface area contributed by atoms with E-state index in [0.29, 0.717) is 19.6 Å². The molecule has 2 amide bonds. The van der Waals surface area contributed by atoms with E-state index in [4.69, 9.17) is 9.84 Å². The Labute approximate surface area is 121 Å². The SMILES string of the molecule is COCCC(C)NC(=O)NCCC(C)(C)CCC(=O)O. The summed E-state index contributed by atoms with van der Waals surface area (Å²) in [4.78, 5) is 22.2. The van der Waals surface area contributed by atoms with Crippen molar-refractivity contribution < 1.29 is 19.4 Å². The second kappa shape index (κ2) is 9.58. The van der Waals surface area contributed by atoms with Crippen LogP contribution < -0.4 is 10.6 Å². The van der Waals surface area contributed by atoms with Crippen molar-refractivity contribution in [1.29, 1.82) is 0 Å². The van der Waals surface area contributed by atoms with E-state index in [0.717, 1.165) is 12.8 Å². The third kappa shape index (κ3) is 10.6. The quantitative estimate of drug-likeness (QED) is 0.573. The van der Waals surface area contributed by atoms with Crippen molar-refractivity contribution in [3.05, 3.63) is 0 Å². The predicted octanol–water partition coefficient (Wildman–Crippen LogP) is 1.99. The lowest BCUT2D eigenvalue weighted by Crippen LogP contribution is -2.42. The fourth-order valence-electron chi connectivity index (χ4n) is 1.73. The number of aliphatic carboxylic acids is 1. The standard InChI is InChI=1S/C14H28N2O4/c1-11(6-10-20-4)16-13(19)15-9-8-14(2,3)7-5-12(17)18/h11H,5-10H2,1-4H3,(H,17,18)(H2,15,16,19). The van der Waals surface area contributed by atoms with Crippen LogP contribution in [-0.2, 0) is 9.53 Å². The highest BCUT2D eigenvalue weighted by atomic mass is 16.5. The molecule has 0 aliphatic heterocycles. The maximum atomic E-state index is 11.6. The minimum absolute atomic E-state index is 0.0648. The monoisotopic (exact) mass is 288 g/mol. The molecule has 0 aromatic carbocycles. The van der Waals surface area contributed by atoms with Crippen LogP contribution in [0.3, 0.4) is 0 Å². The van der Waals surface area contributed by atoms with Crippen LogP contribution in [0.25, 0.3) is 0 Å². The predicted molar refractivity (Wildman–Crippen MR) is 77.8 cm³/mol. The summed E-state index contributed by atoms with van der Waals surface area (Å²) >= 11 is 0. The van der Waals surface area contributed by atoms with Gasteiger partial charge in [0.25, 0.3) is 0 Å². The Kier molecular flexibility index (Phi) is 8.96. The van der Waals surface area contributed by atoms with Crippen LogP contribution in [0.15, 0.2) is 0 Å². The van der Waals surface area contributed by atoms with Gasteiger partial charge in [0.2, 0.25) is 0 Å². The van der Waals surface area contributed by atoms with Crippen LogP contribution in [-0.4, -0.2) is 43.4 Å². The van der Waals surface area contributed by atoms with Crippen molar-refractivity contribution in [3.63, 3.8) is 0 Å². The van der Waals surface area contributed by atoms with Crippen LogP contribution in [0.1, 0.15) is 46.5 Å². The van der Waals surface area contributed by atoms with E-state index >= 15 is 0 Å². The fourth-order valence-corrected chi connectivity index (χ4v) is 1.73. The lowest BCUT2D eigenvalue weighted by molar-refractivity contribution is -0.137. The molecule has 0 saturated carbocycles. The molecule has 0 aromatic rings. The molecule has 1 atom stereocenters. The lowest BCUT2D eigenvalue weighted by atomic mass is 9.84. The number of amides is 2. The Morgan fingerprint density at radius 3 is 2.50 bits per heavy atom. The molecule has 0 fully saturated rings. The molecule has 0 heterocycles. The fraction of sp³-hybridized carbons (Fsp3) is 0.857. The maximum Gasteiger partial charge on any atom is 0.314 e. The Morgan fingerprint density at radius 2 is 1.95 bits per heavy atom. The van der Waals surface area contributed by atoms with Gasteiger partial charge in [-0.05, 0) is 31.6 Å². The Morgan fingerprint density at radius 1 is 1.30 bits per heavy atom. The van der Waals surface area contributed by atoms with Gasteiger partial charge in [-0.3, -0.25) is 4.79 Å². The highest BCUT2D eigenvalue weighted by Gasteiger charge is 2.19. The molecule has 0 radical (unpaired) electrons. The van der Waals surface area contributed by atoms with Crippen LogP contribution in [0.4, 0.5) is 4.79 Å². The zero-order valence-electron chi connectivity index (χ0n) is 13.0. The van der Waals surface area contributed by atoms with Crippen molar-refractivity contribution in [2.24, 2.45) is 5.41 Å². The second-order valence-electron chi connectivity index (χ2n) is 5.89. The number of carboxylic acids is 1. The first-order chi connectivity index (χ1) is 9.26. The van der Waals surface area contributed by atoms with Crippen LogP contribution >= 0.6 is 0 Å². The number of hydrogen-bond donors (Lipinski definition) is 3. The third-order valence-electron chi connectivity index (χ3n) is 3.24. The highest BCUT2D eigenvalue weighted by molar-refractivity contribution is 5.74. The van der Waals surface area contributed by atoms with Crippen molar-refractivity contribution >= 4 is 12.0 Å². The highest BCUT2D eigenvalue weighted by Crippen LogP contribution is 2.25. The Balaban J connectivity index is 3.81. The number of methoxy groups -OCH3 is 1. The Bertz CT molecular complexity index is 306. The molecule has 0 bridgehead atoms. The van der Waals surface area contributed by atoms with Gasteiger partial charge in [0.05, 0.1) is 0 Å². The minimum Gasteiger partial charge on any atom is -0.481 e. The normalized spacial score (nSPS) is 12.8. The summed E-state index contributed by atoms with van der Waals surface area (Å²) in [6.45, 7) is 7.10. The largest absolute Gasteiger partial charge is 0.481 e. The molecular formula is C14H28N2O4. The smallest absolute Gasteiger partial charge is 0.314 e. The molecular weight excluding hydrogens is 260 g/mol. The van der Waals surface area contributed by atoms with Gasteiger partial charge in [-0.1, -0.05) is 13.8 Å². The summed E-state index contributed by atoms with van der Waals surface area (Å²) in [5.41, 5.74) is -0.0899. The zero-order valence-corrected chi connectivity index (χ0v) is 13.0. The number of carboxylic acid groups (broad SMARTS) is 1. The molecule has 0 spiro atoms. The van der Waals surface area contributed by atoms with Crippen molar-refractivity contribution in [2.75, 3.05) is 20.3 Å². The summed E-state index contributed by atoms with van der Waals surface area (Å²) in [5.74, 6) is -0.782. The Hall–Kier alpha value is -1.30. The van der Waals surface area contributed by atoms with Gasteiger partial charge in [0.1, 0.15) is 0 Å². The average molecular weight is 288 g/mol.